The monoisotopic (exact) mass is 312 g/mol. The van der Waals surface area contributed by atoms with E-state index in [-0.39, 0.29) is 0 Å². The predicted octanol–water partition coefficient (Wildman–Crippen LogP) is 2.07. The highest BCUT2D eigenvalue weighted by Gasteiger charge is 2.19. The van der Waals surface area contributed by atoms with Crippen molar-refractivity contribution in [1.82, 2.24) is 25.0 Å². The summed E-state index contributed by atoms with van der Waals surface area (Å²) in [5.74, 6) is 2.63. The predicted molar refractivity (Wildman–Crippen MR) is 91.5 cm³/mol. The van der Waals surface area contributed by atoms with Gasteiger partial charge in [-0.2, -0.15) is 0 Å². The van der Waals surface area contributed by atoms with Crippen molar-refractivity contribution in [2.75, 3.05) is 20.1 Å². The van der Waals surface area contributed by atoms with Crippen molar-refractivity contribution >= 4 is 5.96 Å². The zero-order valence-corrected chi connectivity index (χ0v) is 13.8. The third-order valence-corrected chi connectivity index (χ3v) is 4.35. The molecule has 1 aromatic heterocycles. The number of rotatable bonds is 3. The van der Waals surface area contributed by atoms with Crippen molar-refractivity contribution in [1.29, 1.82) is 0 Å². The second kappa shape index (κ2) is 7.26. The van der Waals surface area contributed by atoms with Gasteiger partial charge in [-0.25, -0.2) is 0 Å². The van der Waals surface area contributed by atoms with Gasteiger partial charge in [0, 0.05) is 25.8 Å². The van der Waals surface area contributed by atoms with Crippen LogP contribution in [0.4, 0.5) is 0 Å². The Morgan fingerprint density at radius 2 is 2.00 bits per heavy atom. The van der Waals surface area contributed by atoms with E-state index in [4.69, 9.17) is 0 Å². The molecule has 0 spiro atoms. The lowest BCUT2D eigenvalue weighted by Gasteiger charge is -2.32. The molecule has 0 atom stereocenters. The van der Waals surface area contributed by atoms with Crippen LogP contribution in [0.2, 0.25) is 0 Å². The molecule has 6 heteroatoms. The minimum atomic E-state index is 0.605. The zero-order valence-electron chi connectivity index (χ0n) is 13.8. The first-order chi connectivity index (χ1) is 11.3. The third-order valence-electron chi connectivity index (χ3n) is 4.35. The van der Waals surface area contributed by atoms with Crippen molar-refractivity contribution in [2.45, 2.75) is 26.3 Å². The number of piperidine rings is 1. The number of nitrogens with zero attached hydrogens (tertiary/aromatic N) is 5. The summed E-state index contributed by atoms with van der Waals surface area (Å²) in [5.41, 5.74) is 1.07. The number of nitrogens with one attached hydrogen (secondary N) is 1. The van der Waals surface area contributed by atoms with E-state index in [1.165, 1.54) is 12.8 Å². The second-order valence-corrected chi connectivity index (χ2v) is 6.02. The summed E-state index contributed by atoms with van der Waals surface area (Å²) >= 11 is 0. The Balaban J connectivity index is 1.65. The molecule has 1 N–H and O–H groups in total. The maximum absolute atomic E-state index is 4.41. The standard InChI is InChI=1S/C17H24N6/c1-14-8-10-22(11-9-14)17(18-2)19-12-16-21-20-13-23(16)15-6-4-3-5-7-15/h3-7,13-14H,8-12H2,1-2H3,(H,18,19). The molecule has 1 aliphatic rings. The van der Waals surface area contributed by atoms with Gasteiger partial charge in [-0.3, -0.25) is 9.56 Å². The van der Waals surface area contributed by atoms with Gasteiger partial charge in [-0.15, -0.1) is 10.2 Å². The summed E-state index contributed by atoms with van der Waals surface area (Å²) in [6, 6.07) is 10.1. The van der Waals surface area contributed by atoms with Crippen LogP contribution < -0.4 is 5.32 Å². The minimum Gasteiger partial charge on any atom is -0.349 e. The number of guanidine groups is 1. The van der Waals surface area contributed by atoms with E-state index in [1.807, 2.05) is 41.9 Å². The molecule has 0 amide bonds. The highest BCUT2D eigenvalue weighted by atomic mass is 15.3. The van der Waals surface area contributed by atoms with Crippen LogP contribution in [-0.4, -0.2) is 45.8 Å². The van der Waals surface area contributed by atoms with E-state index in [9.17, 15) is 0 Å². The van der Waals surface area contributed by atoms with Crippen LogP contribution in [-0.2, 0) is 6.54 Å². The highest BCUT2D eigenvalue weighted by molar-refractivity contribution is 5.79. The summed E-state index contributed by atoms with van der Waals surface area (Å²) in [7, 11) is 1.84. The average Bonchev–Trinajstić information content (AvgIpc) is 3.06. The van der Waals surface area contributed by atoms with Gasteiger partial charge in [0.15, 0.2) is 11.8 Å². The number of aliphatic imine (C=N–C) groups is 1. The molecule has 6 nitrogen and oxygen atoms in total. The average molecular weight is 312 g/mol. The third kappa shape index (κ3) is 3.70. The van der Waals surface area contributed by atoms with Gasteiger partial charge in [0.05, 0.1) is 6.54 Å². The Hall–Kier alpha value is -2.37. The maximum Gasteiger partial charge on any atom is 0.194 e. The van der Waals surface area contributed by atoms with Crippen molar-refractivity contribution < 1.29 is 0 Å². The smallest absolute Gasteiger partial charge is 0.194 e. The SMILES string of the molecule is CN=C(NCc1nncn1-c1ccccc1)N1CCC(C)CC1. The fourth-order valence-electron chi connectivity index (χ4n) is 2.89. The molecule has 3 rings (SSSR count). The van der Waals surface area contributed by atoms with Gasteiger partial charge >= 0.3 is 0 Å². The van der Waals surface area contributed by atoms with Crippen molar-refractivity contribution in [3.63, 3.8) is 0 Å². The van der Waals surface area contributed by atoms with Crippen LogP contribution in [0.1, 0.15) is 25.6 Å². The van der Waals surface area contributed by atoms with E-state index in [0.717, 1.165) is 36.5 Å². The summed E-state index contributed by atoms with van der Waals surface area (Å²) < 4.78 is 2.00. The van der Waals surface area contributed by atoms with Gasteiger partial charge in [-0.05, 0) is 30.9 Å². The van der Waals surface area contributed by atoms with Crippen molar-refractivity contribution in [3.8, 4) is 5.69 Å². The van der Waals surface area contributed by atoms with Crippen LogP contribution in [0.5, 0.6) is 0 Å². The first kappa shape index (κ1) is 15.5. The lowest BCUT2D eigenvalue weighted by Crippen LogP contribution is -2.45. The lowest BCUT2D eigenvalue weighted by atomic mass is 10.00. The fraction of sp³-hybridized carbons (Fsp3) is 0.471. The normalized spacial score (nSPS) is 16.6. The minimum absolute atomic E-state index is 0.605. The molecule has 0 radical (unpaired) electrons. The quantitative estimate of drug-likeness (QED) is 0.696. The molecule has 122 valence electrons. The molecule has 1 aromatic carbocycles. The molecule has 23 heavy (non-hydrogen) atoms. The molecule has 1 fully saturated rings. The van der Waals surface area contributed by atoms with E-state index >= 15 is 0 Å². The molecule has 0 bridgehead atoms. The lowest BCUT2D eigenvalue weighted by molar-refractivity contribution is 0.273. The summed E-state index contributed by atoms with van der Waals surface area (Å²) in [5, 5.41) is 11.7. The van der Waals surface area contributed by atoms with Gasteiger partial charge < -0.3 is 10.2 Å². The Morgan fingerprint density at radius 1 is 1.26 bits per heavy atom. The number of aromatic nitrogens is 3. The molecule has 1 aliphatic heterocycles. The fourth-order valence-corrected chi connectivity index (χ4v) is 2.89. The molecular weight excluding hydrogens is 288 g/mol. The molecule has 0 unspecified atom stereocenters. The molecule has 0 saturated carbocycles. The van der Waals surface area contributed by atoms with E-state index in [0.29, 0.717) is 6.54 Å². The Labute approximate surface area is 137 Å². The number of hydrogen-bond donors (Lipinski definition) is 1. The molecular formula is C17H24N6. The first-order valence-electron chi connectivity index (χ1n) is 8.18. The van der Waals surface area contributed by atoms with E-state index in [1.54, 1.807) is 6.33 Å². The first-order valence-corrected chi connectivity index (χ1v) is 8.18. The summed E-state index contributed by atoms with van der Waals surface area (Å²) in [6.07, 6.45) is 4.19. The van der Waals surface area contributed by atoms with Crippen LogP contribution >= 0.6 is 0 Å². The largest absolute Gasteiger partial charge is 0.349 e. The van der Waals surface area contributed by atoms with Crippen molar-refractivity contribution in [3.05, 3.63) is 42.5 Å². The molecule has 1 saturated heterocycles. The van der Waals surface area contributed by atoms with Crippen LogP contribution in [0.25, 0.3) is 5.69 Å². The maximum atomic E-state index is 4.41. The van der Waals surface area contributed by atoms with E-state index in [2.05, 4.69) is 32.3 Å². The second-order valence-electron chi connectivity index (χ2n) is 6.02. The highest BCUT2D eigenvalue weighted by Crippen LogP contribution is 2.16. The number of hydrogen-bond acceptors (Lipinski definition) is 3. The Kier molecular flexibility index (Phi) is 4.90. The Morgan fingerprint density at radius 3 is 2.70 bits per heavy atom. The van der Waals surface area contributed by atoms with E-state index < -0.39 is 0 Å². The van der Waals surface area contributed by atoms with Gasteiger partial charge in [-0.1, -0.05) is 25.1 Å². The summed E-state index contributed by atoms with van der Waals surface area (Å²) in [4.78, 5) is 6.74. The van der Waals surface area contributed by atoms with Gasteiger partial charge in [0.25, 0.3) is 0 Å². The number of likely N-dealkylation sites (tertiary alicyclic amines) is 1. The molecule has 2 aromatic rings. The topological polar surface area (TPSA) is 58.3 Å². The van der Waals surface area contributed by atoms with Gasteiger partial charge in [0.1, 0.15) is 6.33 Å². The van der Waals surface area contributed by atoms with Crippen molar-refractivity contribution in [2.24, 2.45) is 10.9 Å². The van der Waals surface area contributed by atoms with Crippen LogP contribution in [0, 0.1) is 5.92 Å². The molecule has 0 aliphatic carbocycles. The number of para-hydroxylation sites is 1. The Bertz CT molecular complexity index is 640. The molecule has 2 heterocycles. The van der Waals surface area contributed by atoms with Crippen LogP contribution in [0.15, 0.2) is 41.7 Å². The number of benzene rings is 1. The van der Waals surface area contributed by atoms with Gasteiger partial charge in [0.2, 0.25) is 0 Å². The summed E-state index contributed by atoms with van der Waals surface area (Å²) in [6.45, 7) is 5.04. The van der Waals surface area contributed by atoms with Crippen LogP contribution in [0.3, 0.4) is 0 Å². The zero-order chi connectivity index (χ0) is 16.1.